The summed E-state index contributed by atoms with van der Waals surface area (Å²) in [4.78, 5) is 14.0. The van der Waals surface area contributed by atoms with Crippen molar-refractivity contribution in [1.82, 2.24) is 19.5 Å². The van der Waals surface area contributed by atoms with E-state index in [0.717, 1.165) is 11.2 Å². The first-order valence-corrected chi connectivity index (χ1v) is 13.2. The molecule has 35 heavy (non-hydrogen) atoms. The van der Waals surface area contributed by atoms with Gasteiger partial charge in [0.2, 0.25) is 0 Å². The van der Waals surface area contributed by atoms with Crippen LogP contribution in [0.25, 0.3) is 22.3 Å². The normalized spacial score (nSPS) is 14.6. The van der Waals surface area contributed by atoms with Gasteiger partial charge in [0.25, 0.3) is 6.01 Å². The van der Waals surface area contributed by atoms with E-state index >= 15 is 0 Å². The molecule has 0 saturated heterocycles. The molecule has 1 aliphatic rings. The summed E-state index contributed by atoms with van der Waals surface area (Å²) in [6.45, 7) is 7.15. The van der Waals surface area contributed by atoms with Crippen molar-refractivity contribution in [3.8, 4) is 22.9 Å². The number of imidazole rings is 1. The number of sulfone groups is 1. The van der Waals surface area contributed by atoms with Crippen LogP contribution in [0.1, 0.15) is 25.2 Å². The highest BCUT2D eigenvalue weighted by Gasteiger charge is 2.35. The number of aryl methyl sites for hydroxylation is 1. The average Bonchev–Trinajstić information content (AvgIpc) is 3.31. The van der Waals surface area contributed by atoms with Crippen LogP contribution in [0.3, 0.4) is 0 Å². The zero-order valence-corrected chi connectivity index (χ0v) is 20.8. The largest absolute Gasteiger partial charge is 0.507 e. The molecule has 2 aromatic heterocycles. The van der Waals surface area contributed by atoms with Gasteiger partial charge < -0.3 is 15.2 Å². The van der Waals surface area contributed by atoms with Gasteiger partial charge >= 0.3 is 0 Å². The van der Waals surface area contributed by atoms with Crippen LogP contribution in [0.2, 0.25) is 0 Å². The van der Waals surface area contributed by atoms with E-state index < -0.39 is 9.84 Å². The van der Waals surface area contributed by atoms with E-state index in [4.69, 9.17) is 4.74 Å². The molecule has 0 aliphatic carbocycles. The minimum Gasteiger partial charge on any atom is -0.507 e. The number of phenols is 1. The topological polar surface area (TPSA) is 119 Å². The minimum absolute atomic E-state index is 0.0932. The maximum Gasteiger partial charge on any atom is 0.299 e. The lowest BCUT2D eigenvalue weighted by atomic mass is 10.0. The van der Waals surface area contributed by atoms with Gasteiger partial charge in [0.1, 0.15) is 18.2 Å². The Labute approximate surface area is 203 Å². The molecular formula is C25H27N5O4S. The van der Waals surface area contributed by atoms with E-state index in [9.17, 15) is 13.5 Å². The van der Waals surface area contributed by atoms with Gasteiger partial charge in [0.15, 0.2) is 26.8 Å². The van der Waals surface area contributed by atoms with E-state index in [1.165, 1.54) is 6.26 Å². The molecule has 0 amide bonds. The number of benzene rings is 2. The number of rotatable bonds is 6. The summed E-state index contributed by atoms with van der Waals surface area (Å²) in [5.74, 6) is 1.38. The zero-order valence-electron chi connectivity index (χ0n) is 20.0. The standard InChI is InChI=1S/C25H27N5O4S/c1-15-27-22(21-23(28-15)30-24(29-21)34-14-25(30,2)3)26-11-10-16-8-9-20(31)19(12-16)17-6-5-7-18(13-17)35(4,32)33/h5-9,12-13,31H,10-11,14H2,1-4H3,(H,26,27,28). The maximum absolute atomic E-state index is 11.9. The van der Waals surface area contributed by atoms with E-state index in [1.807, 2.05) is 23.6 Å². The maximum atomic E-state index is 11.9. The molecule has 0 saturated carbocycles. The molecule has 5 rings (SSSR count). The Hall–Kier alpha value is -3.66. The number of anilines is 1. The molecule has 0 radical (unpaired) electrons. The second kappa shape index (κ2) is 8.23. The van der Waals surface area contributed by atoms with Gasteiger partial charge in [-0.2, -0.15) is 4.98 Å². The van der Waals surface area contributed by atoms with Gasteiger partial charge in [-0.15, -0.1) is 0 Å². The predicted molar refractivity (Wildman–Crippen MR) is 134 cm³/mol. The third-order valence-electron chi connectivity index (χ3n) is 6.09. The first-order valence-electron chi connectivity index (χ1n) is 11.3. The fourth-order valence-corrected chi connectivity index (χ4v) is 4.97. The van der Waals surface area contributed by atoms with Gasteiger partial charge in [-0.25, -0.2) is 18.4 Å². The number of nitrogens with one attached hydrogen (secondary N) is 1. The summed E-state index contributed by atoms with van der Waals surface area (Å²) in [5, 5.41) is 13.8. The summed E-state index contributed by atoms with van der Waals surface area (Å²) < 4.78 is 31.7. The molecule has 4 aromatic rings. The molecule has 0 unspecified atom stereocenters. The molecule has 0 spiro atoms. The average molecular weight is 494 g/mol. The lowest BCUT2D eigenvalue weighted by Crippen LogP contribution is -2.26. The fourth-order valence-electron chi connectivity index (χ4n) is 4.31. The molecule has 182 valence electrons. The summed E-state index contributed by atoms with van der Waals surface area (Å²) in [5.41, 5.74) is 3.38. The first-order chi connectivity index (χ1) is 16.5. The highest BCUT2D eigenvalue weighted by molar-refractivity contribution is 7.90. The molecular weight excluding hydrogens is 466 g/mol. The van der Waals surface area contributed by atoms with Crippen LogP contribution >= 0.6 is 0 Å². The van der Waals surface area contributed by atoms with Crippen LogP contribution in [0, 0.1) is 6.92 Å². The number of hydrogen-bond donors (Lipinski definition) is 2. The second-order valence-corrected chi connectivity index (χ2v) is 11.5. The van der Waals surface area contributed by atoms with Crippen LogP contribution in [0.5, 0.6) is 11.8 Å². The highest BCUT2D eigenvalue weighted by atomic mass is 32.2. The highest BCUT2D eigenvalue weighted by Crippen LogP contribution is 2.36. The van der Waals surface area contributed by atoms with Gasteiger partial charge in [0.05, 0.1) is 10.4 Å². The molecule has 10 heteroatoms. The number of fused-ring (bicyclic) bond motifs is 3. The number of nitrogens with zero attached hydrogens (tertiary/aromatic N) is 4. The van der Waals surface area contributed by atoms with Gasteiger partial charge in [0, 0.05) is 18.4 Å². The Morgan fingerprint density at radius 1 is 1.14 bits per heavy atom. The van der Waals surface area contributed by atoms with E-state index in [-0.39, 0.29) is 16.2 Å². The number of aromatic nitrogens is 4. The third kappa shape index (κ3) is 4.29. The SMILES string of the molecule is Cc1nc(NCCc2ccc(O)c(-c3cccc(S(C)(=O)=O)c3)c2)c2nc3n(c2n1)C(C)(C)CO3. The lowest BCUT2D eigenvalue weighted by Gasteiger charge is -2.18. The number of aromatic hydroxyl groups is 1. The molecule has 2 N–H and O–H groups in total. The molecule has 0 bridgehead atoms. The number of ether oxygens (including phenoxy) is 1. The fraction of sp³-hybridized carbons (Fsp3) is 0.320. The summed E-state index contributed by atoms with van der Waals surface area (Å²) in [7, 11) is -3.35. The quantitative estimate of drug-likeness (QED) is 0.417. The lowest BCUT2D eigenvalue weighted by molar-refractivity contribution is 0.268. The smallest absolute Gasteiger partial charge is 0.299 e. The van der Waals surface area contributed by atoms with E-state index in [1.54, 1.807) is 30.3 Å². The molecule has 9 nitrogen and oxygen atoms in total. The summed E-state index contributed by atoms with van der Waals surface area (Å²) in [6.07, 6.45) is 1.82. The van der Waals surface area contributed by atoms with Crippen LogP contribution in [0.4, 0.5) is 5.82 Å². The van der Waals surface area contributed by atoms with Gasteiger partial charge in [-0.05, 0) is 62.6 Å². The Balaban J connectivity index is 1.38. The van der Waals surface area contributed by atoms with Crippen LogP contribution < -0.4 is 10.1 Å². The summed E-state index contributed by atoms with van der Waals surface area (Å²) in [6, 6.07) is 12.5. The van der Waals surface area contributed by atoms with Crippen molar-refractivity contribution < 1.29 is 18.3 Å². The van der Waals surface area contributed by atoms with Gasteiger partial charge in [-0.1, -0.05) is 18.2 Å². The van der Waals surface area contributed by atoms with E-state index in [0.29, 0.717) is 53.9 Å². The van der Waals surface area contributed by atoms with Crippen molar-refractivity contribution in [3.05, 3.63) is 53.9 Å². The summed E-state index contributed by atoms with van der Waals surface area (Å²) >= 11 is 0. The molecule has 0 fully saturated rings. The Morgan fingerprint density at radius 3 is 2.71 bits per heavy atom. The Morgan fingerprint density at radius 2 is 1.94 bits per heavy atom. The van der Waals surface area contributed by atoms with Gasteiger partial charge in [-0.3, -0.25) is 4.57 Å². The van der Waals surface area contributed by atoms with Crippen molar-refractivity contribution in [1.29, 1.82) is 0 Å². The number of phenolic OH excluding ortho intramolecular Hbond substituents is 1. The molecule has 0 atom stereocenters. The van der Waals surface area contributed by atoms with Crippen molar-refractivity contribution in [2.45, 2.75) is 37.6 Å². The minimum atomic E-state index is -3.35. The predicted octanol–water partition coefficient (Wildman–Crippen LogP) is 3.69. The Bertz CT molecular complexity index is 1560. The van der Waals surface area contributed by atoms with Crippen molar-refractivity contribution in [3.63, 3.8) is 0 Å². The molecule has 1 aliphatic heterocycles. The van der Waals surface area contributed by atoms with Crippen LogP contribution in [-0.2, 0) is 21.8 Å². The second-order valence-electron chi connectivity index (χ2n) is 9.45. The van der Waals surface area contributed by atoms with Crippen molar-refractivity contribution in [2.75, 3.05) is 24.7 Å². The molecule has 3 heterocycles. The Kier molecular flexibility index (Phi) is 5.43. The monoisotopic (exact) mass is 493 g/mol. The first kappa shape index (κ1) is 23.1. The van der Waals surface area contributed by atoms with Crippen LogP contribution in [-0.4, -0.2) is 52.5 Å². The van der Waals surface area contributed by atoms with Crippen molar-refractivity contribution >= 4 is 26.8 Å². The number of hydrogen-bond acceptors (Lipinski definition) is 8. The van der Waals surface area contributed by atoms with Crippen LogP contribution in [0.15, 0.2) is 47.4 Å². The van der Waals surface area contributed by atoms with Crippen molar-refractivity contribution in [2.24, 2.45) is 0 Å². The zero-order chi connectivity index (χ0) is 25.0. The molecule has 2 aromatic carbocycles. The third-order valence-corrected chi connectivity index (χ3v) is 7.20. The van der Waals surface area contributed by atoms with E-state index in [2.05, 4.69) is 34.1 Å².